The van der Waals surface area contributed by atoms with Crippen molar-refractivity contribution in [3.8, 4) is 18.4 Å². The first-order valence-corrected chi connectivity index (χ1v) is 8.23. The third-order valence-corrected chi connectivity index (χ3v) is 3.80. The first-order chi connectivity index (χ1) is 11.3. The molecule has 0 saturated carbocycles. The number of nitriles is 1. The molecule has 0 aliphatic rings. The molecule has 2 rings (SSSR count). The lowest BCUT2D eigenvalue weighted by Crippen LogP contribution is -2.02. The van der Waals surface area contributed by atoms with Gasteiger partial charge in [-0.1, -0.05) is 33.6 Å². The monoisotopic (exact) mass is 325 g/mol. The number of terminal acetylenes is 1. The molecule has 0 aliphatic heterocycles. The number of rotatable bonds is 4. The van der Waals surface area contributed by atoms with Crippen molar-refractivity contribution in [2.24, 2.45) is 0 Å². The van der Waals surface area contributed by atoms with Gasteiger partial charge < -0.3 is 0 Å². The minimum absolute atomic E-state index is 0.0532. The summed E-state index contributed by atoms with van der Waals surface area (Å²) in [6.07, 6.45) is 12.9. The summed E-state index contributed by atoms with van der Waals surface area (Å²) in [5.41, 5.74) is 2.41. The minimum atomic E-state index is -0.169. The summed E-state index contributed by atoms with van der Waals surface area (Å²) in [4.78, 5) is 0. The van der Waals surface area contributed by atoms with Gasteiger partial charge in [0, 0.05) is 12.4 Å². The minimum Gasteiger partial charge on any atom is -0.258 e. The molecule has 0 bridgehead atoms. The first kappa shape index (κ1) is 19.5. The van der Waals surface area contributed by atoms with Gasteiger partial charge in [0.05, 0.1) is 18.5 Å². The largest absolute Gasteiger partial charge is 0.258 e. The fourth-order valence-corrected chi connectivity index (χ4v) is 1.86. The van der Waals surface area contributed by atoms with Gasteiger partial charge in [-0.05, 0) is 36.8 Å². The van der Waals surface area contributed by atoms with E-state index in [9.17, 15) is 0 Å². The van der Waals surface area contributed by atoms with E-state index in [1.807, 2.05) is 43.3 Å². The fraction of sp³-hybridized carbons (Fsp3) is 0.526. The van der Waals surface area contributed by atoms with Crippen molar-refractivity contribution in [2.45, 2.75) is 65.5 Å². The molecule has 0 aromatic carbocycles. The Labute approximate surface area is 145 Å². The Morgan fingerprint density at radius 3 is 1.58 bits per heavy atom. The quantitative estimate of drug-likeness (QED) is 0.788. The van der Waals surface area contributed by atoms with Gasteiger partial charge >= 0.3 is 0 Å². The average Bonchev–Trinajstić information content (AvgIpc) is 3.23. The van der Waals surface area contributed by atoms with E-state index in [0.29, 0.717) is 11.8 Å². The predicted octanol–water partition coefficient (Wildman–Crippen LogP) is 4.29. The molecule has 0 unspecified atom stereocenters. The van der Waals surface area contributed by atoms with Crippen LogP contribution in [-0.4, -0.2) is 19.6 Å². The maximum atomic E-state index is 8.63. The lowest BCUT2D eigenvalue weighted by molar-refractivity contribution is 0.590. The van der Waals surface area contributed by atoms with Crippen molar-refractivity contribution >= 4 is 0 Å². The third kappa shape index (κ3) is 5.28. The molecule has 0 fully saturated rings. The van der Waals surface area contributed by atoms with Crippen LogP contribution in [0.15, 0.2) is 24.8 Å². The molecule has 5 heteroatoms. The summed E-state index contributed by atoms with van der Waals surface area (Å²) in [6, 6.07) is 2.02. The topological polar surface area (TPSA) is 59.4 Å². The highest BCUT2D eigenvalue weighted by atomic mass is 15.3. The van der Waals surface area contributed by atoms with Gasteiger partial charge in [-0.25, -0.2) is 0 Å². The molecule has 0 saturated heterocycles. The lowest BCUT2D eigenvalue weighted by Gasteiger charge is -2.03. The fourth-order valence-electron chi connectivity index (χ4n) is 1.86. The van der Waals surface area contributed by atoms with Crippen molar-refractivity contribution in [3.63, 3.8) is 0 Å². The molecule has 2 aromatic heterocycles. The van der Waals surface area contributed by atoms with Crippen LogP contribution in [-0.2, 0) is 0 Å². The van der Waals surface area contributed by atoms with E-state index in [0.717, 1.165) is 0 Å². The summed E-state index contributed by atoms with van der Waals surface area (Å²) < 4.78 is 3.50. The van der Waals surface area contributed by atoms with E-state index >= 15 is 0 Å². The summed E-state index contributed by atoms with van der Waals surface area (Å²) in [5, 5.41) is 16.9. The number of hydrogen-bond acceptors (Lipinski definition) is 3. The first-order valence-electron chi connectivity index (χ1n) is 8.23. The highest BCUT2D eigenvalue weighted by Gasteiger charge is 2.07. The second-order valence-electron chi connectivity index (χ2n) is 6.46. The molecular formula is C19H27N5. The molecular weight excluding hydrogens is 298 g/mol. The zero-order chi connectivity index (χ0) is 18.3. The summed E-state index contributed by atoms with van der Waals surface area (Å²) >= 11 is 0. The maximum absolute atomic E-state index is 8.63. The Balaban J connectivity index is 0.000000240. The van der Waals surface area contributed by atoms with Crippen LogP contribution in [0.5, 0.6) is 0 Å². The van der Waals surface area contributed by atoms with Gasteiger partial charge in [0.15, 0.2) is 0 Å². The zero-order valence-electron chi connectivity index (χ0n) is 15.4. The average molecular weight is 325 g/mol. The zero-order valence-corrected chi connectivity index (χ0v) is 15.4. The van der Waals surface area contributed by atoms with Crippen molar-refractivity contribution in [1.82, 2.24) is 19.6 Å². The van der Waals surface area contributed by atoms with Crippen LogP contribution in [0.2, 0.25) is 0 Å². The highest BCUT2D eigenvalue weighted by molar-refractivity contribution is 5.11. The van der Waals surface area contributed by atoms with Crippen LogP contribution >= 0.6 is 0 Å². The second-order valence-corrected chi connectivity index (χ2v) is 6.46. The van der Waals surface area contributed by atoms with Crippen molar-refractivity contribution in [3.05, 3.63) is 35.9 Å². The Hall–Kier alpha value is -2.53. The van der Waals surface area contributed by atoms with E-state index < -0.39 is 0 Å². The molecule has 24 heavy (non-hydrogen) atoms. The smallest absolute Gasteiger partial charge is 0.135 e. The van der Waals surface area contributed by atoms with Crippen molar-refractivity contribution < 1.29 is 0 Å². The van der Waals surface area contributed by atoms with Gasteiger partial charge in [0.1, 0.15) is 12.1 Å². The van der Waals surface area contributed by atoms with E-state index in [2.05, 4.69) is 49.9 Å². The standard InChI is InChI=1S/C10H14N2.C9H13N3/c1-5-9(4)12-7-10(6-11-12)8(2)3;1-7(2)9-5-11-12(6-9)8(3)4-10/h1,6-9H,2-4H3;5-8H,1-3H3/t9-;8-/m01/s1. The molecule has 0 spiro atoms. The number of nitrogens with zero attached hydrogens (tertiary/aromatic N) is 5. The highest BCUT2D eigenvalue weighted by Crippen LogP contribution is 2.15. The van der Waals surface area contributed by atoms with Crippen LogP contribution in [0.3, 0.4) is 0 Å². The normalized spacial score (nSPS) is 12.9. The van der Waals surface area contributed by atoms with Crippen LogP contribution in [0.4, 0.5) is 0 Å². The molecule has 2 aromatic rings. The molecule has 0 amide bonds. The summed E-state index contributed by atoms with van der Waals surface area (Å²) in [6.45, 7) is 12.3. The molecule has 5 nitrogen and oxygen atoms in total. The van der Waals surface area contributed by atoms with Crippen molar-refractivity contribution in [2.75, 3.05) is 0 Å². The van der Waals surface area contributed by atoms with Crippen LogP contribution in [0.25, 0.3) is 0 Å². The molecule has 2 heterocycles. The summed E-state index contributed by atoms with van der Waals surface area (Å²) in [7, 11) is 0. The van der Waals surface area contributed by atoms with Gasteiger partial charge in [0.25, 0.3) is 0 Å². The molecule has 0 aliphatic carbocycles. The van der Waals surface area contributed by atoms with Gasteiger partial charge in [-0.15, -0.1) is 6.42 Å². The van der Waals surface area contributed by atoms with Crippen LogP contribution in [0, 0.1) is 23.7 Å². The lowest BCUT2D eigenvalue weighted by atomic mass is 10.1. The summed E-state index contributed by atoms with van der Waals surface area (Å²) in [5.74, 6) is 3.63. The van der Waals surface area contributed by atoms with E-state index in [1.54, 1.807) is 4.68 Å². The van der Waals surface area contributed by atoms with Gasteiger partial charge in [0.2, 0.25) is 0 Å². The van der Waals surface area contributed by atoms with Crippen LogP contribution < -0.4 is 0 Å². The van der Waals surface area contributed by atoms with Crippen molar-refractivity contribution in [1.29, 1.82) is 5.26 Å². The van der Waals surface area contributed by atoms with E-state index in [4.69, 9.17) is 11.7 Å². The maximum Gasteiger partial charge on any atom is 0.135 e. The van der Waals surface area contributed by atoms with E-state index in [1.165, 1.54) is 11.1 Å². The van der Waals surface area contributed by atoms with Gasteiger partial charge in [-0.2, -0.15) is 15.5 Å². The van der Waals surface area contributed by atoms with Gasteiger partial charge in [-0.3, -0.25) is 9.36 Å². The molecule has 2 atom stereocenters. The number of aromatic nitrogens is 4. The second kappa shape index (κ2) is 8.93. The Kier molecular flexibility index (Phi) is 7.27. The Morgan fingerprint density at radius 1 is 0.875 bits per heavy atom. The molecule has 0 N–H and O–H groups in total. The number of hydrogen-bond donors (Lipinski definition) is 0. The van der Waals surface area contributed by atoms with Crippen LogP contribution in [0.1, 0.15) is 76.6 Å². The van der Waals surface area contributed by atoms with E-state index in [-0.39, 0.29) is 12.1 Å². The molecule has 128 valence electrons. The third-order valence-electron chi connectivity index (χ3n) is 3.80. The SMILES string of the molecule is C#C[C@H](C)n1cc(C(C)C)cn1.CC(C)c1cnn([C@H](C)C#N)c1. The predicted molar refractivity (Wildman–Crippen MR) is 96.5 cm³/mol. The Bertz CT molecular complexity index is 646. The molecule has 0 radical (unpaired) electrons. The Morgan fingerprint density at radius 2 is 1.29 bits per heavy atom.